The van der Waals surface area contributed by atoms with E-state index in [1.807, 2.05) is 19.1 Å². The van der Waals surface area contributed by atoms with Crippen LogP contribution >= 0.6 is 0 Å². The molecule has 0 fully saturated rings. The zero-order valence-electron chi connectivity index (χ0n) is 16.9. The molecule has 0 aromatic heterocycles. The largest absolute Gasteiger partial charge is 0.493 e. The fraction of sp³-hybridized carbons (Fsp3) is 0.682. The summed E-state index contributed by atoms with van der Waals surface area (Å²) in [4.78, 5) is 12.1. The highest BCUT2D eigenvalue weighted by Gasteiger charge is 2.09. The monoisotopic (exact) mass is 364 g/mol. The molecule has 0 spiro atoms. The average molecular weight is 365 g/mol. The van der Waals surface area contributed by atoms with Crippen molar-refractivity contribution in [1.82, 2.24) is 0 Å². The Balaban J connectivity index is 2.26. The van der Waals surface area contributed by atoms with Crippen molar-refractivity contribution in [2.45, 2.75) is 71.6 Å². The predicted octanol–water partition coefficient (Wildman–Crippen LogP) is 5.71. The van der Waals surface area contributed by atoms with Gasteiger partial charge in [-0.1, -0.05) is 39.0 Å². The minimum Gasteiger partial charge on any atom is -0.493 e. The van der Waals surface area contributed by atoms with Gasteiger partial charge in [0.05, 0.1) is 18.8 Å². The van der Waals surface area contributed by atoms with E-state index in [1.54, 1.807) is 13.2 Å². The standard InChI is InChI=1S/C22H36O4/c1-4-5-6-7-11-16-25-21-14-13-20(18-19(21)2)22(23)26-17-12-9-8-10-15-24-3/h13-14,18H,4-12,15-17H2,1-3H3. The molecule has 0 bridgehead atoms. The van der Waals surface area contributed by atoms with Crippen LogP contribution in [0.2, 0.25) is 0 Å². The van der Waals surface area contributed by atoms with Gasteiger partial charge in [0, 0.05) is 13.7 Å². The quantitative estimate of drug-likeness (QED) is 0.295. The Kier molecular flexibility index (Phi) is 12.6. The van der Waals surface area contributed by atoms with Gasteiger partial charge in [0.15, 0.2) is 0 Å². The Hall–Kier alpha value is -1.55. The molecule has 0 N–H and O–H groups in total. The second kappa shape index (κ2) is 14.6. The van der Waals surface area contributed by atoms with Gasteiger partial charge in [-0.15, -0.1) is 0 Å². The second-order valence-corrected chi connectivity index (χ2v) is 6.79. The summed E-state index contributed by atoms with van der Waals surface area (Å²) in [6, 6.07) is 5.52. The number of aryl methyl sites for hydroxylation is 1. The molecule has 0 amide bonds. The molecule has 1 aromatic rings. The Morgan fingerprint density at radius 2 is 1.54 bits per heavy atom. The zero-order chi connectivity index (χ0) is 19.0. The number of ether oxygens (including phenoxy) is 3. The summed E-state index contributed by atoms with van der Waals surface area (Å²) in [5.74, 6) is 0.603. The lowest BCUT2D eigenvalue weighted by molar-refractivity contribution is 0.0497. The van der Waals surface area contributed by atoms with Gasteiger partial charge in [-0.3, -0.25) is 0 Å². The third kappa shape index (κ3) is 9.81. The van der Waals surface area contributed by atoms with Crippen LogP contribution in [0.5, 0.6) is 5.75 Å². The summed E-state index contributed by atoms with van der Waals surface area (Å²) >= 11 is 0. The first-order valence-electron chi connectivity index (χ1n) is 10.1. The van der Waals surface area contributed by atoms with Crippen molar-refractivity contribution < 1.29 is 19.0 Å². The van der Waals surface area contributed by atoms with Crippen molar-refractivity contribution >= 4 is 5.97 Å². The minimum atomic E-state index is -0.254. The molecule has 26 heavy (non-hydrogen) atoms. The summed E-state index contributed by atoms with van der Waals surface area (Å²) < 4.78 is 16.2. The van der Waals surface area contributed by atoms with Gasteiger partial charge in [-0.2, -0.15) is 0 Å². The Bertz CT molecular complexity index is 499. The predicted molar refractivity (Wildman–Crippen MR) is 106 cm³/mol. The van der Waals surface area contributed by atoms with Crippen LogP contribution < -0.4 is 4.74 Å². The van der Waals surface area contributed by atoms with Crippen molar-refractivity contribution in [3.05, 3.63) is 29.3 Å². The number of benzene rings is 1. The van der Waals surface area contributed by atoms with Gasteiger partial charge < -0.3 is 14.2 Å². The number of rotatable bonds is 15. The molecule has 0 aliphatic heterocycles. The summed E-state index contributed by atoms with van der Waals surface area (Å²) in [6.45, 7) is 6.19. The van der Waals surface area contributed by atoms with Crippen LogP contribution in [0.3, 0.4) is 0 Å². The van der Waals surface area contributed by atoms with E-state index in [0.717, 1.165) is 56.6 Å². The van der Waals surface area contributed by atoms with E-state index in [1.165, 1.54) is 25.7 Å². The molecule has 4 nitrogen and oxygen atoms in total. The van der Waals surface area contributed by atoms with Gasteiger partial charge in [0.25, 0.3) is 0 Å². The third-order valence-electron chi connectivity index (χ3n) is 4.39. The Morgan fingerprint density at radius 3 is 2.19 bits per heavy atom. The van der Waals surface area contributed by atoms with E-state index in [4.69, 9.17) is 14.2 Å². The van der Waals surface area contributed by atoms with Crippen molar-refractivity contribution in [2.24, 2.45) is 0 Å². The maximum atomic E-state index is 12.1. The van der Waals surface area contributed by atoms with Crippen molar-refractivity contribution in [3.63, 3.8) is 0 Å². The summed E-state index contributed by atoms with van der Waals surface area (Å²) in [7, 11) is 1.72. The number of esters is 1. The zero-order valence-corrected chi connectivity index (χ0v) is 16.9. The summed E-state index contributed by atoms with van der Waals surface area (Å²) in [5.41, 5.74) is 1.57. The lowest BCUT2D eigenvalue weighted by Crippen LogP contribution is -2.07. The molecule has 0 aliphatic carbocycles. The maximum Gasteiger partial charge on any atom is 0.338 e. The number of hydrogen-bond acceptors (Lipinski definition) is 4. The van der Waals surface area contributed by atoms with Gasteiger partial charge in [0.2, 0.25) is 0 Å². The smallest absolute Gasteiger partial charge is 0.338 e. The second-order valence-electron chi connectivity index (χ2n) is 6.79. The van der Waals surface area contributed by atoms with E-state index >= 15 is 0 Å². The van der Waals surface area contributed by atoms with Crippen LogP contribution in [-0.2, 0) is 9.47 Å². The van der Waals surface area contributed by atoms with E-state index in [9.17, 15) is 4.79 Å². The lowest BCUT2D eigenvalue weighted by Gasteiger charge is -2.11. The van der Waals surface area contributed by atoms with Crippen LogP contribution in [0.25, 0.3) is 0 Å². The first kappa shape index (κ1) is 22.5. The molecule has 1 rings (SSSR count). The Morgan fingerprint density at radius 1 is 0.885 bits per heavy atom. The van der Waals surface area contributed by atoms with Gasteiger partial charge in [-0.25, -0.2) is 4.79 Å². The fourth-order valence-corrected chi connectivity index (χ4v) is 2.78. The van der Waals surface area contributed by atoms with Gasteiger partial charge in [0.1, 0.15) is 5.75 Å². The molecule has 0 saturated carbocycles. The van der Waals surface area contributed by atoms with E-state index in [0.29, 0.717) is 12.2 Å². The molecule has 0 aliphatic rings. The number of unbranched alkanes of at least 4 members (excludes halogenated alkanes) is 7. The van der Waals surface area contributed by atoms with Gasteiger partial charge >= 0.3 is 5.97 Å². The molecule has 0 unspecified atom stereocenters. The molecular formula is C22H36O4. The van der Waals surface area contributed by atoms with Gasteiger partial charge in [-0.05, 0) is 56.4 Å². The molecule has 4 heteroatoms. The van der Waals surface area contributed by atoms with Crippen molar-refractivity contribution in [1.29, 1.82) is 0 Å². The molecule has 0 atom stereocenters. The van der Waals surface area contributed by atoms with Crippen LogP contribution in [0.1, 0.15) is 80.6 Å². The molecule has 0 saturated heterocycles. The number of hydrogen-bond donors (Lipinski definition) is 0. The van der Waals surface area contributed by atoms with Crippen LogP contribution in [-0.4, -0.2) is 32.9 Å². The topological polar surface area (TPSA) is 44.8 Å². The highest BCUT2D eigenvalue weighted by atomic mass is 16.5. The number of carbonyl (C=O) groups excluding carboxylic acids is 1. The van der Waals surface area contributed by atoms with Crippen molar-refractivity contribution in [2.75, 3.05) is 26.9 Å². The first-order chi connectivity index (χ1) is 12.7. The lowest BCUT2D eigenvalue weighted by atomic mass is 10.1. The normalized spacial score (nSPS) is 10.7. The first-order valence-corrected chi connectivity index (χ1v) is 10.1. The summed E-state index contributed by atoms with van der Waals surface area (Å²) in [5, 5.41) is 0. The highest BCUT2D eigenvalue weighted by molar-refractivity contribution is 5.89. The molecule has 0 radical (unpaired) electrons. The average Bonchev–Trinajstić information content (AvgIpc) is 2.64. The molecule has 1 aromatic carbocycles. The SMILES string of the molecule is CCCCCCCOc1ccc(C(=O)OCCCCCCOC)cc1C. The van der Waals surface area contributed by atoms with Crippen LogP contribution in [0.4, 0.5) is 0 Å². The third-order valence-corrected chi connectivity index (χ3v) is 4.39. The van der Waals surface area contributed by atoms with E-state index < -0.39 is 0 Å². The molecule has 148 valence electrons. The van der Waals surface area contributed by atoms with Crippen LogP contribution in [0.15, 0.2) is 18.2 Å². The summed E-state index contributed by atoms with van der Waals surface area (Å²) in [6.07, 6.45) is 10.2. The van der Waals surface area contributed by atoms with Crippen LogP contribution in [0, 0.1) is 6.92 Å². The van der Waals surface area contributed by atoms with Crippen molar-refractivity contribution in [3.8, 4) is 5.75 Å². The Labute approximate surface area is 159 Å². The number of carbonyl (C=O) groups is 1. The minimum absolute atomic E-state index is 0.254. The maximum absolute atomic E-state index is 12.1. The van der Waals surface area contributed by atoms with E-state index in [-0.39, 0.29) is 5.97 Å². The molecule has 0 heterocycles. The fourth-order valence-electron chi connectivity index (χ4n) is 2.78. The highest BCUT2D eigenvalue weighted by Crippen LogP contribution is 2.20. The van der Waals surface area contributed by atoms with E-state index in [2.05, 4.69) is 6.92 Å². The molecular weight excluding hydrogens is 328 g/mol. The number of methoxy groups -OCH3 is 1.